The first-order chi connectivity index (χ1) is 7.20. The quantitative estimate of drug-likeness (QED) is 0.747. The van der Waals surface area contributed by atoms with Crippen molar-refractivity contribution in [3.63, 3.8) is 0 Å². The highest BCUT2D eigenvalue weighted by Gasteiger charge is 2.12. The molecule has 3 heteroatoms. The molecule has 0 spiro atoms. The zero-order valence-electron chi connectivity index (χ0n) is 9.48. The maximum atomic E-state index is 5.70. The number of hydrogen-bond acceptors (Lipinski definition) is 3. The van der Waals surface area contributed by atoms with Crippen LogP contribution in [0.4, 0.5) is 5.69 Å². The Hall–Kier alpha value is -1.35. The van der Waals surface area contributed by atoms with E-state index in [2.05, 4.69) is 30.3 Å². The molecule has 0 amide bonds. The number of pyridine rings is 1. The Morgan fingerprint density at radius 3 is 2.87 bits per heavy atom. The van der Waals surface area contributed by atoms with E-state index in [1.54, 1.807) is 6.20 Å². The monoisotopic (exact) mass is 205 g/mol. The van der Waals surface area contributed by atoms with Gasteiger partial charge >= 0.3 is 0 Å². The van der Waals surface area contributed by atoms with Gasteiger partial charge in [0.05, 0.1) is 11.9 Å². The summed E-state index contributed by atoms with van der Waals surface area (Å²) in [6, 6.07) is 2.38. The van der Waals surface area contributed by atoms with Crippen LogP contribution in [-0.4, -0.2) is 17.6 Å². The molecule has 0 atom stereocenters. The van der Waals surface area contributed by atoms with E-state index >= 15 is 0 Å². The molecule has 15 heavy (non-hydrogen) atoms. The molecule has 0 aliphatic heterocycles. The minimum absolute atomic E-state index is 0.414. The molecule has 0 saturated carbocycles. The van der Waals surface area contributed by atoms with Crippen LogP contribution in [0.5, 0.6) is 0 Å². The van der Waals surface area contributed by atoms with Gasteiger partial charge in [-0.3, -0.25) is 4.98 Å². The predicted molar refractivity (Wildman–Crippen MR) is 64.8 cm³/mol. The van der Waals surface area contributed by atoms with Gasteiger partial charge in [0.2, 0.25) is 0 Å². The Labute approximate surface area is 91.6 Å². The van der Waals surface area contributed by atoms with Crippen molar-refractivity contribution in [3.05, 3.63) is 36.7 Å². The molecule has 0 saturated heterocycles. The van der Waals surface area contributed by atoms with Crippen LogP contribution in [-0.2, 0) is 6.54 Å². The summed E-state index contributed by atoms with van der Waals surface area (Å²) < 4.78 is 0. The van der Waals surface area contributed by atoms with Crippen LogP contribution in [0.2, 0.25) is 0 Å². The van der Waals surface area contributed by atoms with Crippen LogP contribution >= 0.6 is 0 Å². The Kier molecular flexibility index (Phi) is 4.31. The first-order valence-electron chi connectivity index (χ1n) is 5.21. The zero-order valence-corrected chi connectivity index (χ0v) is 9.48. The molecule has 0 radical (unpaired) electrons. The minimum atomic E-state index is 0.414. The van der Waals surface area contributed by atoms with Crippen LogP contribution in [0, 0.1) is 0 Å². The average molecular weight is 205 g/mol. The highest BCUT2D eigenvalue weighted by Crippen LogP contribution is 2.20. The topological polar surface area (TPSA) is 42.2 Å². The first kappa shape index (κ1) is 11.7. The molecule has 0 fully saturated rings. The Bertz CT molecular complexity index is 320. The molecule has 2 N–H and O–H groups in total. The first-order valence-corrected chi connectivity index (χ1v) is 5.21. The molecular weight excluding hydrogens is 186 g/mol. The second-order valence-corrected chi connectivity index (χ2v) is 3.74. The summed E-state index contributed by atoms with van der Waals surface area (Å²) in [5.74, 6) is 0. The van der Waals surface area contributed by atoms with E-state index in [9.17, 15) is 0 Å². The largest absolute Gasteiger partial charge is 0.364 e. The SMILES string of the molecule is C=CCN(c1cnccc1CN)C(C)C. The van der Waals surface area contributed by atoms with Crippen molar-refractivity contribution in [2.75, 3.05) is 11.4 Å². The molecule has 1 rings (SSSR count). The van der Waals surface area contributed by atoms with E-state index in [4.69, 9.17) is 5.73 Å². The lowest BCUT2D eigenvalue weighted by Crippen LogP contribution is -2.32. The fourth-order valence-electron chi connectivity index (χ4n) is 1.57. The van der Waals surface area contributed by atoms with Crippen molar-refractivity contribution in [2.24, 2.45) is 5.73 Å². The fraction of sp³-hybridized carbons (Fsp3) is 0.417. The molecule has 0 unspecified atom stereocenters. The molecule has 0 aromatic carbocycles. The Morgan fingerprint density at radius 1 is 1.60 bits per heavy atom. The van der Waals surface area contributed by atoms with Crippen LogP contribution in [0.1, 0.15) is 19.4 Å². The van der Waals surface area contributed by atoms with Gasteiger partial charge in [0.1, 0.15) is 0 Å². The molecule has 0 aliphatic carbocycles. The molecule has 0 bridgehead atoms. The summed E-state index contributed by atoms with van der Waals surface area (Å²) >= 11 is 0. The lowest BCUT2D eigenvalue weighted by molar-refractivity contribution is 0.716. The molecule has 3 nitrogen and oxygen atoms in total. The van der Waals surface area contributed by atoms with Crippen LogP contribution in [0.3, 0.4) is 0 Å². The van der Waals surface area contributed by atoms with Gasteiger partial charge in [-0.1, -0.05) is 6.08 Å². The fourth-order valence-corrected chi connectivity index (χ4v) is 1.57. The van der Waals surface area contributed by atoms with E-state index < -0.39 is 0 Å². The predicted octanol–water partition coefficient (Wildman–Crippen LogP) is 1.94. The lowest BCUT2D eigenvalue weighted by atomic mass is 10.2. The Balaban J connectivity index is 3.03. The molecular formula is C12H19N3. The zero-order chi connectivity index (χ0) is 11.3. The van der Waals surface area contributed by atoms with Crippen molar-refractivity contribution in [1.82, 2.24) is 4.98 Å². The number of anilines is 1. The van der Waals surface area contributed by atoms with Crippen molar-refractivity contribution in [1.29, 1.82) is 0 Å². The second kappa shape index (κ2) is 5.51. The van der Waals surface area contributed by atoms with Crippen LogP contribution in [0.15, 0.2) is 31.1 Å². The van der Waals surface area contributed by atoms with E-state index in [-0.39, 0.29) is 0 Å². The molecule has 1 heterocycles. The average Bonchev–Trinajstić information content (AvgIpc) is 2.25. The number of hydrogen-bond donors (Lipinski definition) is 1. The summed E-state index contributed by atoms with van der Waals surface area (Å²) in [5.41, 5.74) is 7.94. The smallest absolute Gasteiger partial charge is 0.0603 e. The van der Waals surface area contributed by atoms with Crippen molar-refractivity contribution < 1.29 is 0 Å². The maximum absolute atomic E-state index is 5.70. The summed E-state index contributed by atoms with van der Waals surface area (Å²) in [6.07, 6.45) is 5.54. The summed E-state index contributed by atoms with van der Waals surface area (Å²) in [7, 11) is 0. The molecule has 82 valence electrons. The molecule has 1 aromatic heterocycles. The van der Waals surface area contributed by atoms with Crippen LogP contribution in [0.25, 0.3) is 0 Å². The third kappa shape index (κ3) is 2.80. The highest BCUT2D eigenvalue weighted by atomic mass is 15.2. The standard InChI is InChI=1S/C12H19N3/c1-4-7-15(10(2)3)12-9-14-6-5-11(12)8-13/h4-6,9-10H,1,7-8,13H2,2-3H3. The van der Waals surface area contributed by atoms with Crippen molar-refractivity contribution in [3.8, 4) is 0 Å². The summed E-state index contributed by atoms with van der Waals surface area (Å²) in [6.45, 7) is 9.43. The summed E-state index contributed by atoms with van der Waals surface area (Å²) in [4.78, 5) is 6.39. The van der Waals surface area contributed by atoms with E-state index in [0.29, 0.717) is 12.6 Å². The van der Waals surface area contributed by atoms with Gasteiger partial charge in [0, 0.05) is 25.3 Å². The molecule has 1 aromatic rings. The lowest BCUT2D eigenvalue weighted by Gasteiger charge is -2.29. The maximum Gasteiger partial charge on any atom is 0.0603 e. The van der Waals surface area contributed by atoms with Gasteiger partial charge in [-0.05, 0) is 25.5 Å². The third-order valence-corrected chi connectivity index (χ3v) is 2.37. The third-order valence-electron chi connectivity index (χ3n) is 2.37. The number of aromatic nitrogens is 1. The van der Waals surface area contributed by atoms with E-state index in [0.717, 1.165) is 17.8 Å². The van der Waals surface area contributed by atoms with Crippen molar-refractivity contribution >= 4 is 5.69 Å². The van der Waals surface area contributed by atoms with Gasteiger partial charge in [-0.15, -0.1) is 6.58 Å². The van der Waals surface area contributed by atoms with Crippen LogP contribution < -0.4 is 10.6 Å². The van der Waals surface area contributed by atoms with Gasteiger partial charge in [0.25, 0.3) is 0 Å². The van der Waals surface area contributed by atoms with Gasteiger partial charge in [-0.25, -0.2) is 0 Å². The van der Waals surface area contributed by atoms with Gasteiger partial charge < -0.3 is 10.6 Å². The van der Waals surface area contributed by atoms with Crippen molar-refractivity contribution in [2.45, 2.75) is 26.4 Å². The highest BCUT2D eigenvalue weighted by molar-refractivity contribution is 5.52. The van der Waals surface area contributed by atoms with E-state index in [1.807, 2.05) is 18.3 Å². The number of nitrogens with zero attached hydrogens (tertiary/aromatic N) is 2. The number of nitrogens with two attached hydrogens (primary N) is 1. The summed E-state index contributed by atoms with van der Waals surface area (Å²) in [5, 5.41) is 0. The Morgan fingerprint density at radius 2 is 2.33 bits per heavy atom. The van der Waals surface area contributed by atoms with Gasteiger partial charge in [-0.2, -0.15) is 0 Å². The normalized spacial score (nSPS) is 10.4. The van der Waals surface area contributed by atoms with Gasteiger partial charge in [0.15, 0.2) is 0 Å². The molecule has 0 aliphatic rings. The van der Waals surface area contributed by atoms with E-state index in [1.165, 1.54) is 0 Å². The second-order valence-electron chi connectivity index (χ2n) is 3.74. The minimum Gasteiger partial charge on any atom is -0.364 e. The number of rotatable bonds is 5.